The van der Waals surface area contributed by atoms with Gasteiger partial charge >= 0.3 is 0 Å². The minimum atomic E-state index is 0.487. The highest BCUT2D eigenvalue weighted by atomic mass is 35.5. The van der Waals surface area contributed by atoms with Crippen molar-refractivity contribution in [1.82, 2.24) is 5.32 Å². The number of hydrogen-bond acceptors (Lipinski definition) is 2. The van der Waals surface area contributed by atoms with Gasteiger partial charge in [-0.15, -0.1) is 0 Å². The first kappa shape index (κ1) is 15.7. The van der Waals surface area contributed by atoms with Crippen molar-refractivity contribution in [2.45, 2.75) is 59.2 Å². The van der Waals surface area contributed by atoms with Gasteiger partial charge in [0.2, 0.25) is 0 Å². The average molecular weight is 295 g/mol. The molecule has 112 valence electrons. The van der Waals surface area contributed by atoms with E-state index in [2.05, 4.69) is 50.0 Å². The molecule has 2 rings (SSSR count). The molecule has 1 fully saturated rings. The second-order valence-corrected chi connectivity index (χ2v) is 6.84. The van der Waals surface area contributed by atoms with Gasteiger partial charge in [-0.25, -0.2) is 0 Å². The Morgan fingerprint density at radius 3 is 2.70 bits per heavy atom. The molecule has 1 heterocycles. The topological polar surface area (TPSA) is 15.3 Å². The molecular weight excluding hydrogens is 268 g/mol. The summed E-state index contributed by atoms with van der Waals surface area (Å²) >= 11 is 6.53. The second-order valence-electron chi connectivity index (χ2n) is 6.43. The van der Waals surface area contributed by atoms with Crippen LogP contribution >= 0.6 is 11.6 Å². The molecule has 0 radical (unpaired) electrons. The lowest BCUT2D eigenvalue weighted by molar-refractivity contribution is 0.490. The van der Waals surface area contributed by atoms with Crippen LogP contribution in [-0.4, -0.2) is 18.6 Å². The van der Waals surface area contributed by atoms with E-state index in [1.807, 2.05) is 6.07 Å². The van der Waals surface area contributed by atoms with Crippen molar-refractivity contribution >= 4 is 17.3 Å². The van der Waals surface area contributed by atoms with Crippen molar-refractivity contribution < 1.29 is 0 Å². The van der Waals surface area contributed by atoms with Gasteiger partial charge < -0.3 is 10.2 Å². The average Bonchev–Trinajstić information content (AvgIpc) is 2.85. The van der Waals surface area contributed by atoms with E-state index >= 15 is 0 Å². The standard InChI is InChI=1S/C17H27ClN2/c1-12(2)16-9-6-10-20(16)17-14(11-19-13(3)4)7-5-8-15(17)18/h5,7-8,12-13,16,19H,6,9-11H2,1-4H3. The Hall–Kier alpha value is -0.730. The molecule has 20 heavy (non-hydrogen) atoms. The molecule has 0 bridgehead atoms. The number of rotatable bonds is 5. The molecule has 0 aromatic heterocycles. The molecule has 1 aromatic rings. The zero-order chi connectivity index (χ0) is 14.7. The zero-order valence-electron chi connectivity index (χ0n) is 13.1. The maximum Gasteiger partial charge on any atom is 0.0643 e. The summed E-state index contributed by atoms with van der Waals surface area (Å²) in [6.07, 6.45) is 2.55. The Bertz CT molecular complexity index is 443. The largest absolute Gasteiger partial charge is 0.367 e. The summed E-state index contributed by atoms with van der Waals surface area (Å²) in [5.74, 6) is 0.666. The summed E-state index contributed by atoms with van der Waals surface area (Å²) in [6, 6.07) is 7.38. The first-order valence-electron chi connectivity index (χ1n) is 7.78. The fourth-order valence-electron chi connectivity index (χ4n) is 3.10. The number of halogens is 1. The molecule has 0 amide bonds. The van der Waals surface area contributed by atoms with Crippen molar-refractivity contribution in [2.75, 3.05) is 11.4 Å². The van der Waals surface area contributed by atoms with Gasteiger partial charge in [-0.05, 0) is 30.4 Å². The van der Waals surface area contributed by atoms with Crippen LogP contribution in [0, 0.1) is 5.92 Å². The Morgan fingerprint density at radius 2 is 2.05 bits per heavy atom. The number of nitrogens with one attached hydrogen (secondary N) is 1. The molecule has 0 aliphatic carbocycles. The summed E-state index contributed by atoms with van der Waals surface area (Å²) in [5.41, 5.74) is 2.57. The third-order valence-electron chi connectivity index (χ3n) is 4.13. The number of nitrogens with zero attached hydrogens (tertiary/aromatic N) is 1. The maximum atomic E-state index is 6.53. The van der Waals surface area contributed by atoms with Gasteiger partial charge in [0, 0.05) is 25.2 Å². The monoisotopic (exact) mass is 294 g/mol. The van der Waals surface area contributed by atoms with Crippen LogP contribution in [0.1, 0.15) is 46.1 Å². The molecule has 1 unspecified atom stereocenters. The highest BCUT2D eigenvalue weighted by Crippen LogP contribution is 2.37. The smallest absolute Gasteiger partial charge is 0.0643 e. The molecule has 1 aliphatic heterocycles. The van der Waals surface area contributed by atoms with Crippen molar-refractivity contribution in [3.63, 3.8) is 0 Å². The van der Waals surface area contributed by atoms with Crippen LogP contribution in [0.2, 0.25) is 5.02 Å². The third-order valence-corrected chi connectivity index (χ3v) is 4.43. The van der Waals surface area contributed by atoms with Crippen LogP contribution in [0.25, 0.3) is 0 Å². The van der Waals surface area contributed by atoms with E-state index < -0.39 is 0 Å². The van der Waals surface area contributed by atoms with Crippen LogP contribution in [0.5, 0.6) is 0 Å². The van der Waals surface area contributed by atoms with Gasteiger partial charge in [0.1, 0.15) is 0 Å². The summed E-state index contributed by atoms with van der Waals surface area (Å²) in [6.45, 7) is 11.0. The van der Waals surface area contributed by atoms with E-state index in [-0.39, 0.29) is 0 Å². The third kappa shape index (κ3) is 3.48. The first-order valence-corrected chi connectivity index (χ1v) is 8.16. The minimum Gasteiger partial charge on any atom is -0.367 e. The minimum absolute atomic E-state index is 0.487. The highest BCUT2D eigenvalue weighted by molar-refractivity contribution is 6.33. The maximum absolute atomic E-state index is 6.53. The van der Waals surface area contributed by atoms with Crippen LogP contribution in [0.3, 0.4) is 0 Å². The van der Waals surface area contributed by atoms with Gasteiger partial charge in [-0.2, -0.15) is 0 Å². The first-order chi connectivity index (χ1) is 9.50. The van der Waals surface area contributed by atoms with Crippen molar-refractivity contribution in [3.8, 4) is 0 Å². The summed E-state index contributed by atoms with van der Waals surface area (Å²) < 4.78 is 0. The lowest BCUT2D eigenvalue weighted by Crippen LogP contribution is -2.35. The van der Waals surface area contributed by atoms with Gasteiger partial charge in [-0.1, -0.05) is 51.4 Å². The molecule has 1 aromatic carbocycles. The van der Waals surface area contributed by atoms with Gasteiger partial charge in [-0.3, -0.25) is 0 Å². The lowest BCUT2D eigenvalue weighted by Gasteiger charge is -2.32. The number of anilines is 1. The quantitative estimate of drug-likeness (QED) is 0.862. The van der Waals surface area contributed by atoms with E-state index in [4.69, 9.17) is 11.6 Å². The van der Waals surface area contributed by atoms with Crippen molar-refractivity contribution in [2.24, 2.45) is 5.92 Å². The molecule has 1 saturated heterocycles. The summed E-state index contributed by atoms with van der Waals surface area (Å²) in [5, 5.41) is 4.40. The molecular formula is C17H27ClN2. The summed E-state index contributed by atoms with van der Waals surface area (Å²) in [7, 11) is 0. The SMILES string of the molecule is CC(C)NCc1cccc(Cl)c1N1CCCC1C(C)C. The number of hydrogen-bond donors (Lipinski definition) is 1. The Morgan fingerprint density at radius 1 is 1.30 bits per heavy atom. The van der Waals surface area contributed by atoms with Crippen LogP contribution in [-0.2, 0) is 6.54 Å². The van der Waals surface area contributed by atoms with E-state index in [0.717, 1.165) is 18.1 Å². The molecule has 0 spiro atoms. The zero-order valence-corrected chi connectivity index (χ0v) is 13.9. The summed E-state index contributed by atoms with van der Waals surface area (Å²) in [4.78, 5) is 2.53. The van der Waals surface area contributed by atoms with E-state index in [9.17, 15) is 0 Å². The second kappa shape index (κ2) is 6.82. The van der Waals surface area contributed by atoms with Gasteiger partial charge in [0.15, 0.2) is 0 Å². The fraction of sp³-hybridized carbons (Fsp3) is 0.647. The Kier molecular flexibility index (Phi) is 5.34. The molecule has 1 atom stereocenters. The molecule has 1 N–H and O–H groups in total. The highest BCUT2D eigenvalue weighted by Gasteiger charge is 2.29. The predicted octanol–water partition coefficient (Wildman–Crippen LogP) is 4.46. The van der Waals surface area contributed by atoms with Gasteiger partial charge in [0.05, 0.1) is 10.7 Å². The molecule has 3 heteroatoms. The van der Waals surface area contributed by atoms with Crippen molar-refractivity contribution in [1.29, 1.82) is 0 Å². The van der Waals surface area contributed by atoms with Gasteiger partial charge in [0.25, 0.3) is 0 Å². The van der Waals surface area contributed by atoms with Crippen LogP contribution in [0.15, 0.2) is 18.2 Å². The van der Waals surface area contributed by atoms with E-state index in [1.165, 1.54) is 24.1 Å². The molecule has 0 saturated carbocycles. The normalized spacial score (nSPS) is 19.4. The van der Waals surface area contributed by atoms with Crippen LogP contribution in [0.4, 0.5) is 5.69 Å². The predicted molar refractivity (Wildman–Crippen MR) is 88.6 cm³/mol. The number of para-hydroxylation sites is 1. The Balaban J connectivity index is 2.29. The Labute approximate surface area is 128 Å². The van der Waals surface area contributed by atoms with E-state index in [1.54, 1.807) is 0 Å². The lowest BCUT2D eigenvalue weighted by atomic mass is 10.0. The van der Waals surface area contributed by atoms with E-state index in [0.29, 0.717) is 18.0 Å². The van der Waals surface area contributed by atoms with Crippen LogP contribution < -0.4 is 10.2 Å². The van der Waals surface area contributed by atoms with Crippen molar-refractivity contribution in [3.05, 3.63) is 28.8 Å². The molecule has 1 aliphatic rings. The number of benzene rings is 1. The molecule has 2 nitrogen and oxygen atoms in total. The fourth-order valence-corrected chi connectivity index (χ4v) is 3.40.